The molecule has 0 saturated carbocycles. The number of hydrogen-bond acceptors (Lipinski definition) is 8. The number of anilines is 5. The van der Waals surface area contributed by atoms with Gasteiger partial charge in [0.05, 0.1) is 0 Å². The first kappa shape index (κ1) is 32.4. The molecule has 9 nitrogen and oxygen atoms in total. The summed E-state index contributed by atoms with van der Waals surface area (Å²) in [7, 11) is 0. The van der Waals surface area contributed by atoms with Gasteiger partial charge in [-0.05, 0) is 97.5 Å². The fourth-order valence-electron chi connectivity index (χ4n) is 6.96. The average Bonchev–Trinajstić information content (AvgIpc) is 3.08. The molecule has 0 bridgehead atoms. The monoisotopic (exact) mass is 633 g/mol. The van der Waals surface area contributed by atoms with E-state index in [4.69, 9.17) is 10.7 Å². The van der Waals surface area contributed by atoms with Gasteiger partial charge in [0.15, 0.2) is 0 Å². The van der Waals surface area contributed by atoms with E-state index in [1.165, 1.54) is 32.4 Å². The van der Waals surface area contributed by atoms with Crippen molar-refractivity contribution >= 4 is 51.3 Å². The highest BCUT2D eigenvalue weighted by atomic mass is 16.2. The number of amides is 1. The van der Waals surface area contributed by atoms with E-state index in [0.29, 0.717) is 40.6 Å². The van der Waals surface area contributed by atoms with Gasteiger partial charge in [-0.3, -0.25) is 9.59 Å². The van der Waals surface area contributed by atoms with Gasteiger partial charge in [0.2, 0.25) is 5.95 Å². The van der Waals surface area contributed by atoms with Gasteiger partial charge in [-0.2, -0.15) is 4.98 Å². The summed E-state index contributed by atoms with van der Waals surface area (Å²) in [6.07, 6.45) is 8.66. The summed E-state index contributed by atoms with van der Waals surface area (Å²) in [5.41, 5.74) is 10.3. The van der Waals surface area contributed by atoms with E-state index in [2.05, 4.69) is 46.2 Å². The quantitative estimate of drug-likeness (QED) is 0.107. The number of fused-ring (bicyclic) bond motifs is 1. The van der Waals surface area contributed by atoms with Gasteiger partial charge in [-0.25, -0.2) is 4.98 Å². The Morgan fingerprint density at radius 2 is 1.64 bits per heavy atom. The van der Waals surface area contributed by atoms with Gasteiger partial charge in [-0.1, -0.05) is 58.4 Å². The van der Waals surface area contributed by atoms with Crippen LogP contribution in [-0.2, 0) is 16.6 Å². The maximum absolute atomic E-state index is 13.6. The third-order valence-corrected chi connectivity index (χ3v) is 9.69. The van der Waals surface area contributed by atoms with E-state index in [9.17, 15) is 9.59 Å². The lowest BCUT2D eigenvalue weighted by molar-refractivity contribution is -0.112. The van der Waals surface area contributed by atoms with Crippen molar-refractivity contribution in [3.05, 3.63) is 77.5 Å². The number of carbonyl (C=O) groups excluding carboxylic acids is 2. The Morgan fingerprint density at radius 3 is 2.34 bits per heavy atom. The zero-order chi connectivity index (χ0) is 33.1. The molecule has 2 saturated heterocycles. The Balaban J connectivity index is 1.19. The van der Waals surface area contributed by atoms with Gasteiger partial charge >= 0.3 is 0 Å². The average molecular weight is 634 g/mol. The number of piperidine rings is 2. The van der Waals surface area contributed by atoms with Crippen LogP contribution in [-0.4, -0.2) is 58.8 Å². The van der Waals surface area contributed by atoms with Gasteiger partial charge in [-0.15, -0.1) is 0 Å². The highest BCUT2D eigenvalue weighted by Crippen LogP contribution is 2.33. The van der Waals surface area contributed by atoms with Crippen LogP contribution >= 0.6 is 0 Å². The first-order valence-electron chi connectivity index (χ1n) is 17.0. The lowest BCUT2D eigenvalue weighted by atomic mass is 9.85. The van der Waals surface area contributed by atoms with Gasteiger partial charge in [0.1, 0.15) is 5.82 Å². The third-order valence-electron chi connectivity index (χ3n) is 9.69. The number of nitrogens with zero attached hydrogens (tertiary/aromatic N) is 4. The molecule has 2 aliphatic rings. The third kappa shape index (κ3) is 7.10. The number of benzene rings is 3. The predicted octanol–water partition coefficient (Wildman–Crippen LogP) is 7.09. The normalized spacial score (nSPS) is 16.3. The number of carbonyl (C=O) groups is 2. The zero-order valence-electron chi connectivity index (χ0n) is 28.1. The highest BCUT2D eigenvalue weighted by Gasteiger charge is 2.27. The van der Waals surface area contributed by atoms with Crippen molar-refractivity contribution in [2.75, 3.05) is 47.4 Å². The number of nitrogens with two attached hydrogens (primary N) is 1. The Morgan fingerprint density at radius 1 is 0.915 bits per heavy atom. The van der Waals surface area contributed by atoms with Crippen LogP contribution in [0, 0.1) is 0 Å². The predicted molar refractivity (Wildman–Crippen MR) is 192 cm³/mol. The number of rotatable bonds is 8. The number of Topliss-reactive ketones (excluding diaryl/α,β-unsaturated/α-hetero) is 1. The molecule has 0 aliphatic carbocycles. The molecule has 6 rings (SSSR count). The smallest absolute Gasteiger partial charge is 0.296 e. The largest absolute Gasteiger partial charge is 0.398 e. The van der Waals surface area contributed by atoms with E-state index in [1.807, 2.05) is 55.5 Å². The zero-order valence-corrected chi connectivity index (χ0v) is 28.1. The molecule has 3 heterocycles. The molecule has 0 radical (unpaired) electrons. The van der Waals surface area contributed by atoms with Crippen molar-refractivity contribution in [3.63, 3.8) is 0 Å². The summed E-state index contributed by atoms with van der Waals surface area (Å²) in [6.45, 7) is 12.6. The molecule has 1 aromatic heterocycles. The van der Waals surface area contributed by atoms with Crippen LogP contribution in [0.3, 0.4) is 0 Å². The number of ketones is 1. The van der Waals surface area contributed by atoms with Crippen molar-refractivity contribution in [3.8, 4) is 0 Å². The van der Waals surface area contributed by atoms with Crippen molar-refractivity contribution in [1.82, 2.24) is 14.9 Å². The maximum atomic E-state index is 13.6. The van der Waals surface area contributed by atoms with Gasteiger partial charge in [0, 0.05) is 53.3 Å². The van der Waals surface area contributed by atoms with Crippen molar-refractivity contribution in [2.45, 2.75) is 77.7 Å². The molecule has 0 unspecified atom stereocenters. The lowest BCUT2D eigenvalue weighted by Gasteiger charge is -2.40. The summed E-state index contributed by atoms with van der Waals surface area (Å²) in [4.78, 5) is 41.5. The molecule has 1 amide bonds. The Labute approximate surface area is 278 Å². The second-order valence-electron chi connectivity index (χ2n) is 13.9. The molecule has 246 valence electrons. The van der Waals surface area contributed by atoms with Crippen LogP contribution in [0.25, 0.3) is 10.8 Å². The number of nitrogen functional groups attached to an aromatic ring is 1. The van der Waals surface area contributed by atoms with Crippen molar-refractivity contribution in [2.24, 2.45) is 0 Å². The number of likely N-dealkylation sites (tertiary alicyclic amines) is 1. The molecule has 0 atom stereocenters. The van der Waals surface area contributed by atoms with Crippen molar-refractivity contribution < 1.29 is 9.59 Å². The molecule has 0 spiro atoms. The summed E-state index contributed by atoms with van der Waals surface area (Å²) in [5, 5.41) is 7.84. The van der Waals surface area contributed by atoms with Crippen molar-refractivity contribution in [1.29, 1.82) is 0 Å². The second kappa shape index (κ2) is 13.7. The van der Waals surface area contributed by atoms with Crippen LogP contribution < -0.4 is 21.3 Å². The summed E-state index contributed by atoms with van der Waals surface area (Å²) in [6, 6.07) is 17.6. The first-order chi connectivity index (χ1) is 22.6. The van der Waals surface area contributed by atoms with Crippen LogP contribution in [0.15, 0.2) is 60.8 Å². The molecule has 2 aliphatic heterocycles. The Kier molecular flexibility index (Phi) is 9.45. The van der Waals surface area contributed by atoms with E-state index in [1.54, 1.807) is 12.3 Å². The fourth-order valence-corrected chi connectivity index (χ4v) is 6.96. The fraction of sp³-hybridized carbons (Fsp3) is 0.421. The molecule has 3 aromatic carbocycles. The number of hydrogen-bond donors (Lipinski definition) is 3. The van der Waals surface area contributed by atoms with Gasteiger partial charge < -0.3 is 26.2 Å². The highest BCUT2D eigenvalue weighted by molar-refractivity contribution is 6.48. The molecular formula is C38H47N7O2. The van der Waals surface area contributed by atoms with Crippen LogP contribution in [0.5, 0.6) is 0 Å². The standard InChI is InChI=1S/C38H47N7O2/c1-5-27-31(39)23-25(38(2,3)4)24-33(27)42-36(47)35(46)30-13-14-32(29-12-8-7-11-28(29)30)41-34-15-18-40-37(43-34)45-21-16-26(17-22-45)44-19-9-6-10-20-44/h7-8,11-15,18,23-24,26H,5-6,9-10,16-17,19-22,39H2,1-4H3,(H,42,47)(H,40,41,43). The summed E-state index contributed by atoms with van der Waals surface area (Å²) < 4.78 is 0. The molecule has 47 heavy (non-hydrogen) atoms. The molecular weight excluding hydrogens is 586 g/mol. The first-order valence-corrected chi connectivity index (χ1v) is 17.0. The van der Waals surface area contributed by atoms with E-state index < -0.39 is 11.7 Å². The van der Waals surface area contributed by atoms with Crippen LogP contribution in [0.4, 0.5) is 28.8 Å². The summed E-state index contributed by atoms with van der Waals surface area (Å²) >= 11 is 0. The lowest BCUT2D eigenvalue weighted by Crippen LogP contribution is -2.47. The minimum absolute atomic E-state index is 0.170. The SMILES string of the molecule is CCc1c(N)cc(C(C)(C)C)cc1NC(=O)C(=O)c1ccc(Nc2ccnc(N3CCC(N4CCCCC4)CC3)n2)c2ccccc12. The Bertz CT molecular complexity index is 1770. The topological polar surface area (TPSA) is 116 Å². The number of aromatic nitrogens is 2. The number of nitrogens with one attached hydrogen (secondary N) is 2. The molecule has 9 heteroatoms. The second-order valence-corrected chi connectivity index (χ2v) is 13.9. The van der Waals surface area contributed by atoms with Gasteiger partial charge in [0.25, 0.3) is 11.7 Å². The van der Waals surface area contributed by atoms with E-state index >= 15 is 0 Å². The Hall–Kier alpha value is -4.50. The molecule has 4 aromatic rings. The van der Waals surface area contributed by atoms with Crippen LogP contribution in [0.1, 0.15) is 81.3 Å². The van der Waals surface area contributed by atoms with Crippen LogP contribution in [0.2, 0.25) is 0 Å². The molecule has 2 fully saturated rings. The minimum Gasteiger partial charge on any atom is -0.398 e. The van der Waals surface area contributed by atoms with E-state index in [0.717, 1.165) is 54.1 Å². The molecule has 4 N–H and O–H groups in total. The maximum Gasteiger partial charge on any atom is 0.296 e. The minimum atomic E-state index is -0.694. The van der Waals surface area contributed by atoms with E-state index in [-0.39, 0.29) is 5.41 Å². The summed E-state index contributed by atoms with van der Waals surface area (Å²) in [5.74, 6) is 0.105.